The summed E-state index contributed by atoms with van der Waals surface area (Å²) in [7, 11) is 1.59. The van der Waals surface area contributed by atoms with E-state index < -0.39 is 0 Å². The number of methoxy groups -OCH3 is 1. The van der Waals surface area contributed by atoms with Crippen molar-refractivity contribution in [2.45, 2.75) is 6.92 Å². The molecule has 0 aromatic carbocycles. The number of pyridine rings is 2. The van der Waals surface area contributed by atoms with Crippen LogP contribution in [0.1, 0.15) is 12.5 Å². The molecule has 0 N–H and O–H groups in total. The second-order valence-corrected chi connectivity index (χ2v) is 7.16. The van der Waals surface area contributed by atoms with Gasteiger partial charge in [0.15, 0.2) is 11.6 Å². The molecule has 4 rings (SSSR count). The first-order chi connectivity index (χ1) is 15.6. The fourth-order valence-electron chi connectivity index (χ4n) is 3.83. The van der Waals surface area contributed by atoms with E-state index >= 15 is 0 Å². The van der Waals surface area contributed by atoms with Gasteiger partial charge in [0.2, 0.25) is 0 Å². The van der Waals surface area contributed by atoms with Gasteiger partial charge in [-0.3, -0.25) is 4.79 Å². The van der Waals surface area contributed by atoms with E-state index in [2.05, 4.69) is 27.0 Å². The maximum absolute atomic E-state index is 11.7. The van der Waals surface area contributed by atoms with Crippen molar-refractivity contribution in [2.24, 2.45) is 0 Å². The smallest absolute Gasteiger partial charge is 0.298 e. The number of fused-ring (bicyclic) bond motifs is 1. The van der Waals surface area contributed by atoms with Crippen LogP contribution < -0.4 is 14.4 Å². The van der Waals surface area contributed by atoms with Crippen LogP contribution in [0.2, 0.25) is 0 Å². The molecule has 0 aliphatic carbocycles. The Morgan fingerprint density at radius 1 is 1.25 bits per heavy atom. The Bertz CT molecular complexity index is 1250. The van der Waals surface area contributed by atoms with Gasteiger partial charge in [-0.05, 0) is 25.0 Å². The van der Waals surface area contributed by atoms with Gasteiger partial charge in [0.05, 0.1) is 37.2 Å². The van der Waals surface area contributed by atoms with E-state index in [1.165, 1.54) is 6.20 Å². The summed E-state index contributed by atoms with van der Waals surface area (Å²) >= 11 is 0. The Hall–Kier alpha value is -4.24. The lowest BCUT2D eigenvalue weighted by molar-refractivity contribution is -0.125. The van der Waals surface area contributed by atoms with Crippen LogP contribution in [0.25, 0.3) is 16.6 Å². The highest BCUT2D eigenvalue weighted by molar-refractivity contribution is 5.93. The molecule has 162 valence electrons. The van der Waals surface area contributed by atoms with E-state index in [1.54, 1.807) is 28.9 Å². The third-order valence-corrected chi connectivity index (χ3v) is 5.37. The molecule has 0 unspecified atom stereocenters. The molecule has 1 fully saturated rings. The van der Waals surface area contributed by atoms with Crippen molar-refractivity contribution in [1.82, 2.24) is 19.5 Å². The highest BCUT2D eigenvalue weighted by Gasteiger charge is 2.24. The largest absolute Gasteiger partial charge is 0.493 e. The van der Waals surface area contributed by atoms with Crippen molar-refractivity contribution in [3.63, 3.8) is 0 Å². The van der Waals surface area contributed by atoms with Crippen LogP contribution in [0.15, 0.2) is 30.7 Å². The number of nitriles is 1. The highest BCUT2D eigenvalue weighted by Crippen LogP contribution is 2.35. The summed E-state index contributed by atoms with van der Waals surface area (Å²) in [5.74, 6) is 3.79. The van der Waals surface area contributed by atoms with E-state index in [0.29, 0.717) is 61.2 Å². The fourth-order valence-corrected chi connectivity index (χ4v) is 3.83. The highest BCUT2D eigenvalue weighted by atomic mass is 16.5. The van der Waals surface area contributed by atoms with Gasteiger partial charge in [0.1, 0.15) is 11.8 Å². The molecule has 0 spiro atoms. The molecule has 9 nitrogen and oxygen atoms in total. The lowest BCUT2D eigenvalue weighted by Crippen LogP contribution is -2.48. The Kier molecular flexibility index (Phi) is 5.82. The van der Waals surface area contributed by atoms with Crippen LogP contribution >= 0.6 is 0 Å². The molecule has 4 heterocycles. The summed E-state index contributed by atoms with van der Waals surface area (Å²) in [4.78, 5) is 20.1. The summed E-state index contributed by atoms with van der Waals surface area (Å²) < 4.78 is 13.0. The minimum absolute atomic E-state index is 0.299. The Morgan fingerprint density at radius 3 is 2.69 bits per heavy atom. The quantitative estimate of drug-likeness (QED) is 0.571. The average molecular weight is 430 g/mol. The minimum Gasteiger partial charge on any atom is -0.493 e. The predicted octanol–water partition coefficient (Wildman–Crippen LogP) is 1.96. The molecule has 3 aromatic heterocycles. The normalized spacial score (nSPS) is 13.5. The summed E-state index contributed by atoms with van der Waals surface area (Å²) in [5.41, 5.74) is 2.68. The second-order valence-electron chi connectivity index (χ2n) is 7.16. The zero-order valence-electron chi connectivity index (χ0n) is 17.9. The van der Waals surface area contributed by atoms with Crippen molar-refractivity contribution < 1.29 is 14.3 Å². The van der Waals surface area contributed by atoms with E-state index in [9.17, 15) is 10.1 Å². The van der Waals surface area contributed by atoms with Gasteiger partial charge in [0, 0.05) is 43.5 Å². The molecule has 1 amide bonds. The third-order valence-electron chi connectivity index (χ3n) is 5.37. The predicted molar refractivity (Wildman–Crippen MR) is 118 cm³/mol. The second kappa shape index (κ2) is 8.86. The number of hydrogen-bond acceptors (Lipinski definition) is 7. The molecule has 0 saturated carbocycles. The zero-order chi connectivity index (χ0) is 22.7. The van der Waals surface area contributed by atoms with Gasteiger partial charge >= 0.3 is 0 Å². The van der Waals surface area contributed by atoms with Gasteiger partial charge in [0.25, 0.3) is 5.91 Å². The minimum atomic E-state index is -0.299. The summed E-state index contributed by atoms with van der Waals surface area (Å²) in [6, 6.07) is 5.96. The van der Waals surface area contributed by atoms with E-state index in [0.717, 1.165) is 11.1 Å². The lowest BCUT2D eigenvalue weighted by atomic mass is 10.0. The van der Waals surface area contributed by atoms with E-state index in [1.807, 2.05) is 19.1 Å². The molecular weight excluding hydrogens is 408 g/mol. The first-order valence-electron chi connectivity index (χ1n) is 10.2. The fraction of sp³-hybridized carbons (Fsp3) is 0.304. The van der Waals surface area contributed by atoms with Crippen molar-refractivity contribution in [1.29, 1.82) is 5.26 Å². The standard InChI is InChI=1S/C23H22N6O3/c1-4-21(30)27-6-8-28(9-7-27)23-20(31-3)10-16(13-25-23)19-11-18(32-5-2)15-29-22(19)17(12-24)14-26-29/h1,10-11,13-15H,5-9H2,2-3H3. The first-order valence-corrected chi connectivity index (χ1v) is 10.2. The molecule has 1 aliphatic heterocycles. The molecule has 1 aliphatic rings. The van der Waals surface area contributed by atoms with E-state index in [-0.39, 0.29) is 5.91 Å². The molecule has 32 heavy (non-hydrogen) atoms. The summed E-state index contributed by atoms with van der Waals surface area (Å²) in [6.07, 6.45) is 10.3. The van der Waals surface area contributed by atoms with Crippen LogP contribution in [0.3, 0.4) is 0 Å². The molecule has 1 saturated heterocycles. The van der Waals surface area contributed by atoms with Crippen LogP contribution in [-0.4, -0.2) is 65.3 Å². The number of hydrogen-bond donors (Lipinski definition) is 0. The number of carbonyl (C=O) groups is 1. The van der Waals surface area contributed by atoms with Crippen LogP contribution in [0.5, 0.6) is 11.5 Å². The van der Waals surface area contributed by atoms with Crippen LogP contribution in [-0.2, 0) is 4.79 Å². The number of piperazine rings is 1. The maximum atomic E-state index is 11.7. The van der Waals surface area contributed by atoms with Crippen molar-refractivity contribution in [3.8, 4) is 41.0 Å². The maximum Gasteiger partial charge on any atom is 0.298 e. The van der Waals surface area contributed by atoms with Gasteiger partial charge in [-0.15, -0.1) is 6.42 Å². The number of amides is 1. The molecule has 0 bridgehead atoms. The Morgan fingerprint density at radius 2 is 2.03 bits per heavy atom. The molecular formula is C23H22N6O3. The zero-order valence-corrected chi connectivity index (χ0v) is 17.9. The SMILES string of the molecule is C#CC(=O)N1CCN(c2ncc(-c3cc(OCC)cn4ncc(C#N)c34)cc2OC)CC1. The molecule has 0 atom stereocenters. The van der Waals surface area contributed by atoms with Gasteiger partial charge in [-0.2, -0.15) is 10.4 Å². The van der Waals surface area contributed by atoms with Crippen LogP contribution in [0, 0.1) is 23.7 Å². The summed E-state index contributed by atoms with van der Waals surface area (Å²) in [5, 5.41) is 13.8. The summed E-state index contributed by atoms with van der Waals surface area (Å²) in [6.45, 7) is 4.65. The Labute approximate surface area is 185 Å². The molecule has 3 aromatic rings. The number of nitrogens with zero attached hydrogens (tertiary/aromatic N) is 6. The third kappa shape index (κ3) is 3.77. The first kappa shape index (κ1) is 21.0. The topological polar surface area (TPSA) is 96.0 Å². The monoisotopic (exact) mass is 430 g/mol. The number of anilines is 1. The number of terminal acetylenes is 1. The van der Waals surface area contributed by atoms with Gasteiger partial charge in [-0.1, -0.05) is 0 Å². The van der Waals surface area contributed by atoms with Crippen LogP contribution in [0.4, 0.5) is 5.82 Å². The Balaban J connectivity index is 1.72. The van der Waals surface area contributed by atoms with Crippen molar-refractivity contribution in [3.05, 3.63) is 36.3 Å². The lowest BCUT2D eigenvalue weighted by Gasteiger charge is -2.35. The number of ether oxygens (including phenoxy) is 2. The van der Waals surface area contributed by atoms with Gasteiger partial charge in [-0.25, -0.2) is 9.50 Å². The number of rotatable bonds is 5. The number of carbonyl (C=O) groups excluding carboxylic acids is 1. The number of aromatic nitrogens is 3. The molecule has 9 heteroatoms. The average Bonchev–Trinajstić information content (AvgIpc) is 3.26. The van der Waals surface area contributed by atoms with Crippen molar-refractivity contribution in [2.75, 3.05) is 44.8 Å². The van der Waals surface area contributed by atoms with Crippen molar-refractivity contribution >= 4 is 17.2 Å². The van der Waals surface area contributed by atoms with E-state index in [4.69, 9.17) is 15.9 Å². The molecule has 0 radical (unpaired) electrons. The van der Waals surface area contributed by atoms with Gasteiger partial charge < -0.3 is 19.3 Å².